The minimum absolute atomic E-state index is 0. The number of aliphatic hydroxyl groups is 1. The van der Waals surface area contributed by atoms with Crippen molar-refractivity contribution in [3.63, 3.8) is 0 Å². The van der Waals surface area contributed by atoms with Crippen LogP contribution in [0.15, 0.2) is 69.7 Å². The van der Waals surface area contributed by atoms with E-state index in [9.17, 15) is 30.0 Å². The summed E-state index contributed by atoms with van der Waals surface area (Å²) in [5, 5.41) is 55.8. The molecule has 15 heteroatoms. The zero-order chi connectivity index (χ0) is 24.7. The Labute approximate surface area is 299 Å². The molecule has 0 saturated carbocycles. The van der Waals surface area contributed by atoms with Gasteiger partial charge in [0.15, 0.2) is 11.5 Å². The molecule has 0 saturated heterocycles. The van der Waals surface area contributed by atoms with E-state index in [4.69, 9.17) is 5.11 Å². The third-order valence-electron chi connectivity index (χ3n) is 4.21. The van der Waals surface area contributed by atoms with Gasteiger partial charge in [-0.3, -0.25) is 9.59 Å². The maximum Gasteiger partial charge on any atom is 1.00 e. The molecule has 0 aliphatic heterocycles. The molecule has 184 valence electrons. The van der Waals surface area contributed by atoms with Gasteiger partial charge in [-0.05, 0) is 18.2 Å². The second-order valence-electron chi connectivity index (χ2n) is 6.45. The molecule has 1 unspecified atom stereocenters. The first kappa shape index (κ1) is 41.2. The van der Waals surface area contributed by atoms with E-state index in [0.717, 1.165) is 0 Å². The van der Waals surface area contributed by atoms with Crippen molar-refractivity contribution in [1.29, 1.82) is 0 Å². The molecular formula is C22H21N2Na3O7S3-2. The number of benzene rings is 2. The maximum absolute atomic E-state index is 12.1. The van der Waals surface area contributed by atoms with Gasteiger partial charge in [-0.25, -0.2) is 0 Å². The summed E-state index contributed by atoms with van der Waals surface area (Å²) >= 11 is 8.64. The Bertz CT molecular complexity index is 1250. The first-order valence-corrected chi connectivity index (χ1v) is 10.3. The van der Waals surface area contributed by atoms with Gasteiger partial charge in [-0.1, -0.05) is 55.2 Å². The normalized spacial score (nSPS) is 12.8. The van der Waals surface area contributed by atoms with Crippen molar-refractivity contribution in [2.45, 2.75) is 17.9 Å². The van der Waals surface area contributed by atoms with E-state index in [0.29, 0.717) is 5.69 Å². The molecule has 0 amide bonds. The van der Waals surface area contributed by atoms with Gasteiger partial charge in [-0.2, -0.15) is 13.5 Å². The van der Waals surface area contributed by atoms with Gasteiger partial charge in [0.1, 0.15) is 17.2 Å². The summed E-state index contributed by atoms with van der Waals surface area (Å²) in [5.74, 6) is -1.32. The molecule has 3 aromatic carbocycles. The number of hydrogen-bond acceptors (Lipinski definition) is 11. The Morgan fingerprint density at radius 2 is 1.49 bits per heavy atom. The van der Waals surface area contributed by atoms with Crippen molar-refractivity contribution in [3.05, 3.63) is 74.7 Å². The Kier molecular flexibility index (Phi) is 21.9. The molecular weight excluding hydrogens is 569 g/mol. The van der Waals surface area contributed by atoms with E-state index in [1.165, 1.54) is 18.2 Å². The van der Waals surface area contributed by atoms with Crippen LogP contribution in [0, 0.1) is 4.51 Å². The third-order valence-corrected chi connectivity index (χ3v) is 4.96. The molecule has 1 atom stereocenters. The topological polar surface area (TPSA) is 168 Å². The molecule has 0 spiro atoms. The summed E-state index contributed by atoms with van der Waals surface area (Å²) in [7, 11) is 0. The zero-order valence-corrected chi connectivity index (χ0v) is 29.3. The molecule has 4 rings (SSSR count). The summed E-state index contributed by atoms with van der Waals surface area (Å²) in [6.07, 6.45) is 0. The van der Waals surface area contributed by atoms with Crippen LogP contribution in [-0.2, 0) is 17.4 Å². The van der Waals surface area contributed by atoms with E-state index >= 15 is 0 Å². The van der Waals surface area contributed by atoms with Crippen LogP contribution < -0.4 is 120 Å². The number of carbonyl (C=O) groups is 1. The summed E-state index contributed by atoms with van der Waals surface area (Å²) in [6.45, 7) is 1.57. The molecule has 37 heavy (non-hydrogen) atoms. The smallest absolute Gasteiger partial charge is 1.00 e. The van der Waals surface area contributed by atoms with Crippen LogP contribution >= 0.6 is 25.7 Å². The van der Waals surface area contributed by atoms with E-state index in [-0.39, 0.29) is 154 Å². The Morgan fingerprint density at radius 1 is 1.00 bits per heavy atom. The average Bonchev–Trinajstić information content (AvgIpc) is 2.82. The van der Waals surface area contributed by atoms with E-state index in [2.05, 4.69) is 35.5 Å². The van der Waals surface area contributed by atoms with Crippen LogP contribution in [-0.4, -0.2) is 28.6 Å². The summed E-state index contributed by atoms with van der Waals surface area (Å²) in [4.78, 5) is 22.2. The number of nitrogens with one attached hydrogen (secondary N) is 2. The van der Waals surface area contributed by atoms with Gasteiger partial charge >= 0.3 is 88.7 Å². The van der Waals surface area contributed by atoms with Crippen LogP contribution in [0.3, 0.4) is 0 Å². The quantitative estimate of drug-likeness (QED) is 0.0986. The summed E-state index contributed by atoms with van der Waals surface area (Å²) in [6, 6.07) is 11.6. The van der Waals surface area contributed by atoms with Crippen LogP contribution in [0.2, 0.25) is 0 Å². The summed E-state index contributed by atoms with van der Waals surface area (Å²) < 4.78 is -0.144. The fourth-order valence-corrected chi connectivity index (χ4v) is 3.06. The first-order chi connectivity index (χ1) is 15.6. The maximum atomic E-state index is 12.1. The minimum Gasteiger partial charge on any atom is -1.00 e. The van der Waals surface area contributed by atoms with Gasteiger partial charge in [0.2, 0.25) is 5.78 Å². The predicted octanol–water partition coefficient (Wildman–Crippen LogP) is -8.05. The monoisotopic (exact) mass is 590 g/mol. The number of Topliss-reactive ketones (excluding diaryl/α,β-unsaturated/α-hetero) is 1. The first-order valence-electron chi connectivity index (χ1n) is 9.44. The number of rotatable bonds is 4. The van der Waals surface area contributed by atoms with Crippen molar-refractivity contribution < 1.29 is 120 Å². The van der Waals surface area contributed by atoms with Crippen molar-refractivity contribution in [2.24, 2.45) is 0 Å². The number of anilines is 2. The molecule has 9 nitrogen and oxygen atoms in total. The van der Waals surface area contributed by atoms with Gasteiger partial charge < -0.3 is 50.2 Å². The largest absolute Gasteiger partial charge is 1.00 e. The second-order valence-corrected chi connectivity index (χ2v) is 7.26. The molecule has 0 aromatic heterocycles. The zero-order valence-electron chi connectivity index (χ0n) is 21.7. The molecule has 4 N–H and O–H groups in total. The standard InChI is InChI=1S/C16H14N2O4.C4H2O2S2.C2H5O.3Na.H2S.H/c19-11-7-3-1-5-9(11)17-13-15(21)14(16(13)22)18-10-6-2-4-8-12(10)20;5-1-3(7)2(6)4(1)8;1-2-3;;;;;/h1-8,13,17-21H;5,7H;2H2,1H3;;;;1H2;/q;;-1;3*+1;;-1/p-3. The predicted molar refractivity (Wildman–Crippen MR) is 133 cm³/mol. The van der Waals surface area contributed by atoms with Crippen molar-refractivity contribution in [2.75, 3.05) is 17.2 Å². The Morgan fingerprint density at radius 3 is 1.89 bits per heavy atom. The van der Waals surface area contributed by atoms with Gasteiger partial charge in [0.25, 0.3) is 0 Å². The number of phenolic OH excluding ortho intramolecular Hbond substituents is 1. The molecule has 1 aliphatic carbocycles. The van der Waals surface area contributed by atoms with E-state index in [1.54, 1.807) is 37.3 Å². The van der Waals surface area contributed by atoms with Gasteiger partial charge in [0.05, 0.1) is 10.2 Å². The number of hydrogen-bond donors (Lipinski definition) is 4. The molecule has 0 heterocycles. The molecule has 0 bridgehead atoms. The molecule has 0 fully saturated rings. The van der Waals surface area contributed by atoms with Crippen LogP contribution in [0.5, 0.6) is 17.2 Å². The number of phenols is 1. The number of para-hydroxylation sites is 4. The number of aromatic hydroxyl groups is 1. The van der Waals surface area contributed by atoms with E-state index < -0.39 is 17.2 Å². The fourth-order valence-electron chi connectivity index (χ4n) is 2.53. The minimum atomic E-state index is -0.936. The SMILES string of the molecule is CC[O-].O=C1C(Nc2ccccc2[O-])=C(O)C1Nc1ccccc1O.O=c1c([S-])c([O-])c1=S.S.[H-].[Na+].[Na+].[Na+]. The Hall–Kier alpha value is -0.320. The van der Waals surface area contributed by atoms with E-state index in [1.807, 2.05) is 0 Å². The number of ketones is 1. The molecule has 1 aliphatic rings. The summed E-state index contributed by atoms with van der Waals surface area (Å²) in [5.41, 5.74) is 0.102. The van der Waals surface area contributed by atoms with Crippen molar-refractivity contribution in [1.82, 2.24) is 0 Å². The number of carbonyl (C=O) groups excluding carboxylic acids is 1. The fraction of sp³-hybridized carbons (Fsp3) is 0.136. The van der Waals surface area contributed by atoms with Gasteiger partial charge in [0, 0.05) is 5.69 Å². The van der Waals surface area contributed by atoms with Gasteiger partial charge in [-0.15, -0.1) is 17.3 Å². The number of aliphatic hydroxyl groups excluding tert-OH is 1. The average molecular weight is 591 g/mol. The molecule has 0 radical (unpaired) electrons. The van der Waals surface area contributed by atoms with Crippen LogP contribution in [0.4, 0.5) is 11.4 Å². The Balaban J connectivity index is -0.000000310. The van der Waals surface area contributed by atoms with Crippen LogP contribution in [0.25, 0.3) is 0 Å². The van der Waals surface area contributed by atoms with Crippen LogP contribution in [0.1, 0.15) is 8.35 Å². The molecule has 3 aromatic rings. The second kappa shape index (κ2) is 19.7. The van der Waals surface area contributed by atoms with Crippen molar-refractivity contribution in [3.8, 4) is 17.2 Å². The third kappa shape index (κ3) is 10.6. The van der Waals surface area contributed by atoms with Crippen molar-refractivity contribution >= 4 is 55.5 Å².